The number of rotatable bonds is 1. The Morgan fingerprint density at radius 3 is 3.08 bits per heavy atom. The van der Waals surface area contributed by atoms with Crippen molar-refractivity contribution >= 4 is 0 Å². The summed E-state index contributed by atoms with van der Waals surface area (Å²) in [6.45, 7) is 8.33. The van der Waals surface area contributed by atoms with Crippen LogP contribution < -0.4 is 4.74 Å². The fraction of sp³-hybridized carbons (Fsp3) is 0.700. The molecule has 0 fully saturated rings. The largest absolute Gasteiger partial charge is 0.477 e. The third-order valence-electron chi connectivity index (χ3n) is 2.43. The van der Waals surface area contributed by atoms with Gasteiger partial charge in [-0.25, -0.2) is 4.68 Å². The van der Waals surface area contributed by atoms with Crippen LogP contribution >= 0.6 is 0 Å². The summed E-state index contributed by atoms with van der Waals surface area (Å²) in [6, 6.07) is 0. The first-order valence-electron chi connectivity index (χ1n) is 4.87. The summed E-state index contributed by atoms with van der Waals surface area (Å²) in [5.41, 5.74) is 1.23. The first-order chi connectivity index (χ1) is 6.18. The lowest BCUT2D eigenvalue weighted by molar-refractivity contribution is 0.173. The van der Waals surface area contributed by atoms with E-state index in [2.05, 4.69) is 25.9 Å². The van der Waals surface area contributed by atoms with Gasteiger partial charge in [0.05, 0.1) is 19.3 Å². The van der Waals surface area contributed by atoms with Crippen molar-refractivity contribution in [3.05, 3.63) is 11.8 Å². The Hall–Kier alpha value is -0.990. The summed E-state index contributed by atoms with van der Waals surface area (Å²) >= 11 is 0. The van der Waals surface area contributed by atoms with E-state index in [1.54, 1.807) is 0 Å². The van der Waals surface area contributed by atoms with Gasteiger partial charge in [0, 0.05) is 11.5 Å². The number of hydrogen-bond donors (Lipinski definition) is 0. The van der Waals surface area contributed by atoms with Crippen LogP contribution in [0.5, 0.6) is 5.88 Å². The van der Waals surface area contributed by atoms with Gasteiger partial charge in [-0.1, -0.05) is 20.8 Å². The van der Waals surface area contributed by atoms with Crippen molar-refractivity contribution < 1.29 is 4.74 Å². The third kappa shape index (κ3) is 1.43. The van der Waals surface area contributed by atoms with Crippen molar-refractivity contribution in [1.29, 1.82) is 0 Å². The second-order valence-electron chi connectivity index (χ2n) is 4.16. The Balaban J connectivity index is 2.33. The van der Waals surface area contributed by atoms with Gasteiger partial charge in [0.15, 0.2) is 0 Å². The molecule has 0 amide bonds. The van der Waals surface area contributed by atoms with Crippen molar-refractivity contribution in [2.45, 2.75) is 33.2 Å². The molecule has 1 aromatic heterocycles. The molecule has 3 heteroatoms. The van der Waals surface area contributed by atoms with Gasteiger partial charge in [-0.15, -0.1) is 0 Å². The topological polar surface area (TPSA) is 27.1 Å². The van der Waals surface area contributed by atoms with E-state index < -0.39 is 0 Å². The fourth-order valence-electron chi connectivity index (χ4n) is 1.64. The highest BCUT2D eigenvalue weighted by atomic mass is 16.5. The highest BCUT2D eigenvalue weighted by molar-refractivity contribution is 5.28. The van der Waals surface area contributed by atoms with Crippen molar-refractivity contribution in [2.75, 3.05) is 6.61 Å². The molecule has 1 aromatic rings. The lowest BCUT2D eigenvalue weighted by Crippen LogP contribution is -2.23. The zero-order chi connectivity index (χ0) is 9.42. The molecule has 1 unspecified atom stereocenters. The molecule has 0 bridgehead atoms. The van der Waals surface area contributed by atoms with E-state index in [1.807, 2.05) is 10.9 Å². The SMILES string of the molecule is CC1COc2c(C(C)C)cnn2C1. The smallest absolute Gasteiger partial charge is 0.215 e. The Labute approximate surface area is 78.7 Å². The lowest BCUT2D eigenvalue weighted by Gasteiger charge is -2.22. The molecule has 0 aromatic carbocycles. The number of ether oxygens (including phenoxy) is 1. The van der Waals surface area contributed by atoms with Crippen LogP contribution in [-0.4, -0.2) is 16.4 Å². The molecule has 0 spiro atoms. The molecule has 0 aliphatic carbocycles. The van der Waals surface area contributed by atoms with Crippen LogP contribution in [0, 0.1) is 5.92 Å². The standard InChI is InChI=1S/C10H16N2O/c1-7(2)9-4-11-12-5-8(3)6-13-10(9)12/h4,7-8H,5-6H2,1-3H3. The number of hydrogen-bond acceptors (Lipinski definition) is 2. The summed E-state index contributed by atoms with van der Waals surface area (Å²) in [6.07, 6.45) is 1.93. The van der Waals surface area contributed by atoms with Gasteiger partial charge in [-0.2, -0.15) is 5.10 Å². The third-order valence-corrected chi connectivity index (χ3v) is 2.43. The summed E-state index contributed by atoms with van der Waals surface area (Å²) in [5.74, 6) is 2.05. The first kappa shape index (κ1) is 8.60. The Bertz CT molecular complexity index is 304. The normalized spacial score (nSPS) is 21.4. The quantitative estimate of drug-likeness (QED) is 0.661. The monoisotopic (exact) mass is 180 g/mol. The Kier molecular flexibility index (Phi) is 2.02. The number of fused-ring (bicyclic) bond motifs is 1. The van der Waals surface area contributed by atoms with E-state index in [-0.39, 0.29) is 0 Å². The maximum Gasteiger partial charge on any atom is 0.215 e. The molecule has 1 atom stereocenters. The van der Waals surface area contributed by atoms with E-state index in [0.29, 0.717) is 11.8 Å². The lowest BCUT2D eigenvalue weighted by atomic mass is 10.1. The van der Waals surface area contributed by atoms with E-state index >= 15 is 0 Å². The minimum Gasteiger partial charge on any atom is -0.477 e. The Morgan fingerprint density at radius 1 is 1.62 bits per heavy atom. The van der Waals surface area contributed by atoms with Gasteiger partial charge in [0.2, 0.25) is 5.88 Å². The molecule has 2 heterocycles. The first-order valence-corrected chi connectivity index (χ1v) is 4.87. The van der Waals surface area contributed by atoms with E-state index in [4.69, 9.17) is 4.74 Å². The van der Waals surface area contributed by atoms with Crippen LogP contribution in [0.1, 0.15) is 32.3 Å². The van der Waals surface area contributed by atoms with Crippen molar-refractivity contribution in [2.24, 2.45) is 5.92 Å². The molecule has 0 saturated heterocycles. The van der Waals surface area contributed by atoms with Crippen molar-refractivity contribution in [3.63, 3.8) is 0 Å². The summed E-state index contributed by atoms with van der Waals surface area (Å²) in [7, 11) is 0. The fourth-order valence-corrected chi connectivity index (χ4v) is 1.64. The molecule has 3 nitrogen and oxygen atoms in total. The molecule has 0 N–H and O–H groups in total. The molecule has 72 valence electrons. The van der Waals surface area contributed by atoms with Gasteiger partial charge in [0.1, 0.15) is 0 Å². The molecule has 0 radical (unpaired) electrons. The second-order valence-corrected chi connectivity index (χ2v) is 4.16. The van der Waals surface area contributed by atoms with Crippen molar-refractivity contribution in [1.82, 2.24) is 9.78 Å². The zero-order valence-electron chi connectivity index (χ0n) is 8.45. The molecule has 0 saturated carbocycles. The van der Waals surface area contributed by atoms with Gasteiger partial charge in [0.25, 0.3) is 0 Å². The van der Waals surface area contributed by atoms with Crippen LogP contribution in [0.3, 0.4) is 0 Å². The van der Waals surface area contributed by atoms with Gasteiger partial charge < -0.3 is 4.74 Å². The zero-order valence-corrected chi connectivity index (χ0v) is 8.45. The van der Waals surface area contributed by atoms with Gasteiger partial charge >= 0.3 is 0 Å². The van der Waals surface area contributed by atoms with E-state index in [1.165, 1.54) is 5.56 Å². The minimum atomic E-state index is 0.497. The molecule has 13 heavy (non-hydrogen) atoms. The molecule has 2 rings (SSSR count). The minimum absolute atomic E-state index is 0.497. The van der Waals surface area contributed by atoms with Gasteiger partial charge in [-0.05, 0) is 5.92 Å². The van der Waals surface area contributed by atoms with E-state index in [9.17, 15) is 0 Å². The van der Waals surface area contributed by atoms with Crippen LogP contribution in [0.2, 0.25) is 0 Å². The van der Waals surface area contributed by atoms with E-state index in [0.717, 1.165) is 19.0 Å². The summed E-state index contributed by atoms with van der Waals surface area (Å²) in [4.78, 5) is 0. The van der Waals surface area contributed by atoms with Crippen LogP contribution in [0.4, 0.5) is 0 Å². The van der Waals surface area contributed by atoms with Crippen LogP contribution in [-0.2, 0) is 6.54 Å². The second kappa shape index (κ2) is 3.05. The summed E-state index contributed by atoms with van der Waals surface area (Å²) < 4.78 is 7.64. The summed E-state index contributed by atoms with van der Waals surface area (Å²) in [5, 5.41) is 4.32. The van der Waals surface area contributed by atoms with Crippen LogP contribution in [0.15, 0.2) is 6.20 Å². The Morgan fingerprint density at radius 2 is 2.38 bits per heavy atom. The molecule has 1 aliphatic heterocycles. The average molecular weight is 180 g/mol. The number of aromatic nitrogens is 2. The highest BCUT2D eigenvalue weighted by Crippen LogP contribution is 2.29. The van der Waals surface area contributed by atoms with Gasteiger partial charge in [-0.3, -0.25) is 0 Å². The maximum atomic E-state index is 5.67. The highest BCUT2D eigenvalue weighted by Gasteiger charge is 2.21. The number of nitrogens with zero attached hydrogens (tertiary/aromatic N) is 2. The molecule has 1 aliphatic rings. The molecular formula is C10H16N2O. The predicted molar refractivity (Wildman–Crippen MR) is 51.0 cm³/mol. The molecular weight excluding hydrogens is 164 g/mol. The van der Waals surface area contributed by atoms with Crippen LogP contribution in [0.25, 0.3) is 0 Å². The predicted octanol–water partition coefficient (Wildman–Crippen LogP) is 2.04. The van der Waals surface area contributed by atoms with Crippen molar-refractivity contribution in [3.8, 4) is 5.88 Å². The maximum absolute atomic E-state index is 5.67. The average Bonchev–Trinajstić information content (AvgIpc) is 2.46.